The van der Waals surface area contributed by atoms with Crippen LogP contribution in [-0.4, -0.2) is 190 Å². The molecule has 3 saturated heterocycles. The lowest BCUT2D eigenvalue weighted by molar-refractivity contribution is -0.333. The molecule has 0 amide bonds. The number of hydrogen-bond donors (Lipinski definition) is 8. The summed E-state index contributed by atoms with van der Waals surface area (Å²) in [6.45, 7) is 21.2. The zero-order valence-electron chi connectivity index (χ0n) is 52.0. The van der Waals surface area contributed by atoms with Gasteiger partial charge < -0.3 is 83.5 Å². The van der Waals surface area contributed by atoms with Gasteiger partial charge in [0.25, 0.3) is 0 Å². The van der Waals surface area contributed by atoms with Gasteiger partial charge in [0.15, 0.2) is 18.0 Å². The molecule has 0 saturated carbocycles. The van der Waals surface area contributed by atoms with E-state index in [0.717, 1.165) is 19.3 Å². The maximum Gasteiger partial charge on any atom is 0.330 e. The number of cyclic esters (lactones) is 1. The Hall–Kier alpha value is -2.41. The summed E-state index contributed by atoms with van der Waals surface area (Å²) in [7, 11) is 4.41. The quantitative estimate of drug-likeness (QED) is 0.0376. The second-order valence-electron chi connectivity index (χ2n) is 25.7. The molecule has 0 aromatic carbocycles. The van der Waals surface area contributed by atoms with Crippen LogP contribution in [0.25, 0.3) is 0 Å². The van der Waals surface area contributed by atoms with Crippen molar-refractivity contribution in [2.45, 2.75) is 289 Å². The van der Waals surface area contributed by atoms with Crippen molar-refractivity contribution in [1.29, 1.82) is 0 Å². The van der Waals surface area contributed by atoms with Crippen LogP contribution in [0.5, 0.6) is 0 Å². The van der Waals surface area contributed by atoms with E-state index < -0.39 is 139 Å². The molecule has 4 aliphatic heterocycles. The number of ether oxygens (including phenoxy) is 9. The van der Waals surface area contributed by atoms with Crippen LogP contribution in [0.3, 0.4) is 0 Å². The summed E-state index contributed by atoms with van der Waals surface area (Å²) in [6, 6.07) is 0. The maximum atomic E-state index is 13.8. The Labute approximate surface area is 489 Å². The fourth-order valence-electron chi connectivity index (χ4n) is 13.1. The van der Waals surface area contributed by atoms with Crippen molar-refractivity contribution in [3.05, 3.63) is 12.2 Å². The Morgan fingerprint density at radius 2 is 1.43 bits per heavy atom. The molecular weight excluding hydrogens is 1060 g/mol. The van der Waals surface area contributed by atoms with Gasteiger partial charge in [-0.05, 0) is 95.3 Å². The van der Waals surface area contributed by atoms with Gasteiger partial charge in [-0.1, -0.05) is 87.7 Å². The van der Waals surface area contributed by atoms with Gasteiger partial charge in [0.2, 0.25) is 0 Å². The highest BCUT2D eigenvalue weighted by Crippen LogP contribution is 2.41. The molecule has 2 bridgehead atoms. The number of hydrogen-bond acceptors (Lipinski definition) is 20. The Morgan fingerprint density at radius 1 is 0.744 bits per heavy atom. The van der Waals surface area contributed by atoms with E-state index in [0.29, 0.717) is 43.9 Å². The van der Waals surface area contributed by atoms with Crippen LogP contribution in [0.15, 0.2) is 12.2 Å². The molecule has 4 aliphatic rings. The SMILES string of the molecule is CCCCC(C(=O)OC)C(=O)OC1CCCC(O)C2OC2C(C)C(C(C)C(O)C(C)C(O)C(C)C(C)OC2C[C@@H](OC)[C@@H](OC)[C@@H](C)O2)OC(=O)/C=C/CC(C)CC(C)CC(C)CCC(C)C(O)C[C@]2(O)O[C@H](CC(O)C1)C[C@H](O)[C@H]2O. The number of esters is 3. The summed E-state index contributed by atoms with van der Waals surface area (Å²) in [5.41, 5.74) is 0. The Morgan fingerprint density at radius 3 is 2.07 bits per heavy atom. The van der Waals surface area contributed by atoms with Gasteiger partial charge >= 0.3 is 17.9 Å². The molecule has 0 radical (unpaired) electrons. The standard InChI is InChI=1S/C62H110O20/c1-15-16-21-46(60(71)76-14)61(72)79-44-20-18-22-47(64)58-56(81-58)40(9)55(39(8)54(69)38(7)53(68)37(6)41(10)77-52-31-50(74-12)57(75-13)42(11)78-52)80-51(67)23-17-19-33(2)26-35(4)27-34(3)24-25-36(5)49(66)32-62(73)59(70)48(65)30-45(82-62)29-43(63)28-44/h17,23,33-50,52-59,63-66,68-70,73H,15-16,18-22,24-32H2,1-14H3/b23-17+/t33?,34?,35?,36?,37?,38?,39?,40?,41?,42-,43?,44?,45-,46?,47?,48+,49?,50-,52?,53?,54?,55?,56?,57+,58?,59-,62+/m1/s1. The zero-order chi connectivity index (χ0) is 61.3. The van der Waals surface area contributed by atoms with E-state index in [2.05, 4.69) is 20.8 Å². The van der Waals surface area contributed by atoms with Crippen molar-refractivity contribution in [2.24, 2.45) is 53.3 Å². The van der Waals surface area contributed by atoms with Crippen LogP contribution in [0.4, 0.5) is 0 Å². The highest BCUT2D eigenvalue weighted by Gasteiger charge is 2.53. The molecule has 82 heavy (non-hydrogen) atoms. The van der Waals surface area contributed by atoms with Crippen molar-refractivity contribution < 1.29 is 97.9 Å². The minimum absolute atomic E-state index is 0.133. The molecule has 478 valence electrons. The second kappa shape index (κ2) is 34.2. The highest BCUT2D eigenvalue weighted by atomic mass is 16.7. The average Bonchev–Trinajstić information content (AvgIpc) is 4.25. The first-order valence-corrected chi connectivity index (χ1v) is 30.9. The van der Waals surface area contributed by atoms with Crippen LogP contribution in [0.1, 0.15) is 179 Å². The summed E-state index contributed by atoms with van der Waals surface area (Å²) < 4.78 is 53.1. The number of carbonyl (C=O) groups excluding carboxylic acids is 3. The number of aliphatic hydroxyl groups excluding tert-OH is 7. The molecule has 4 rings (SSSR count). The van der Waals surface area contributed by atoms with E-state index in [1.165, 1.54) is 13.2 Å². The van der Waals surface area contributed by atoms with Crippen LogP contribution < -0.4 is 0 Å². The second-order valence-corrected chi connectivity index (χ2v) is 25.7. The van der Waals surface area contributed by atoms with Gasteiger partial charge in [-0.25, -0.2) is 4.79 Å². The van der Waals surface area contributed by atoms with Crippen molar-refractivity contribution >= 4 is 17.9 Å². The number of rotatable bonds is 16. The molecular formula is C62H110O20. The van der Waals surface area contributed by atoms with Crippen molar-refractivity contribution in [3.8, 4) is 0 Å². The predicted octanol–water partition coefficient (Wildman–Crippen LogP) is 6.08. The largest absolute Gasteiger partial charge is 0.468 e. The molecule has 20 nitrogen and oxygen atoms in total. The van der Waals surface area contributed by atoms with Crippen molar-refractivity contribution in [2.75, 3.05) is 21.3 Å². The number of methoxy groups -OCH3 is 3. The maximum absolute atomic E-state index is 13.8. The number of epoxide rings is 1. The molecule has 0 aromatic rings. The fourth-order valence-corrected chi connectivity index (χ4v) is 13.1. The normalized spacial score (nSPS) is 40.5. The highest BCUT2D eigenvalue weighted by molar-refractivity contribution is 5.94. The van der Waals surface area contributed by atoms with Gasteiger partial charge in [-0.15, -0.1) is 0 Å². The van der Waals surface area contributed by atoms with E-state index in [9.17, 15) is 55.2 Å². The first-order valence-electron chi connectivity index (χ1n) is 30.9. The first kappa shape index (κ1) is 72.1. The molecule has 20 unspecified atom stereocenters. The zero-order valence-corrected chi connectivity index (χ0v) is 52.0. The van der Waals surface area contributed by atoms with Crippen LogP contribution in [-0.2, 0) is 57.0 Å². The average molecular weight is 1180 g/mol. The lowest BCUT2D eigenvalue weighted by Gasteiger charge is -2.45. The third kappa shape index (κ3) is 21.2. The lowest BCUT2D eigenvalue weighted by Crippen LogP contribution is -2.59. The smallest absolute Gasteiger partial charge is 0.330 e. The monoisotopic (exact) mass is 1170 g/mol. The third-order valence-electron chi connectivity index (χ3n) is 18.6. The number of carbonyl (C=O) groups is 3. The number of fused-ring (bicyclic) bond motifs is 3. The summed E-state index contributed by atoms with van der Waals surface area (Å²) in [5, 5.41) is 92.3. The number of allylic oxidation sites excluding steroid dienone is 1. The molecule has 0 aromatic heterocycles. The number of unbranched alkanes of at least 4 members (excludes halogenated alkanes) is 1. The lowest BCUT2D eigenvalue weighted by atomic mass is 9.77. The predicted molar refractivity (Wildman–Crippen MR) is 304 cm³/mol. The van der Waals surface area contributed by atoms with Gasteiger partial charge in [-0.2, -0.15) is 0 Å². The van der Waals surface area contributed by atoms with Gasteiger partial charge in [-0.3, -0.25) is 9.59 Å². The topological polar surface area (TPSA) is 299 Å². The van der Waals surface area contributed by atoms with Crippen LogP contribution in [0, 0.1) is 53.3 Å². The molecule has 3 fully saturated rings. The minimum atomic E-state index is -2.33. The molecule has 20 heteroatoms. The summed E-state index contributed by atoms with van der Waals surface area (Å²) in [6.07, 6.45) is -6.22. The summed E-state index contributed by atoms with van der Waals surface area (Å²) in [5.74, 6) is -7.61. The van der Waals surface area contributed by atoms with Gasteiger partial charge in [0.1, 0.15) is 30.5 Å². The van der Waals surface area contributed by atoms with Gasteiger partial charge in [0, 0.05) is 69.7 Å². The van der Waals surface area contributed by atoms with Crippen LogP contribution >= 0.6 is 0 Å². The minimum Gasteiger partial charge on any atom is -0.468 e. The van der Waals surface area contributed by atoms with E-state index in [1.54, 1.807) is 34.1 Å². The van der Waals surface area contributed by atoms with Gasteiger partial charge in [0.05, 0.1) is 74.3 Å². The first-order chi connectivity index (χ1) is 38.6. The fraction of sp³-hybridized carbons (Fsp3) is 0.919. The van der Waals surface area contributed by atoms with E-state index in [-0.39, 0.29) is 81.5 Å². The summed E-state index contributed by atoms with van der Waals surface area (Å²) in [4.78, 5) is 40.3. The van der Waals surface area contributed by atoms with Crippen molar-refractivity contribution in [1.82, 2.24) is 0 Å². The molecule has 8 N–H and O–H groups in total. The Kier molecular flexibility index (Phi) is 30.1. The molecule has 0 spiro atoms. The summed E-state index contributed by atoms with van der Waals surface area (Å²) >= 11 is 0. The molecule has 4 heterocycles. The Balaban J connectivity index is 1.58. The van der Waals surface area contributed by atoms with E-state index >= 15 is 0 Å². The van der Waals surface area contributed by atoms with E-state index in [1.807, 2.05) is 41.5 Å². The van der Waals surface area contributed by atoms with Crippen molar-refractivity contribution in [3.63, 3.8) is 0 Å². The Bertz CT molecular complexity index is 1910. The molecule has 0 aliphatic carbocycles. The van der Waals surface area contributed by atoms with E-state index in [4.69, 9.17) is 42.6 Å². The van der Waals surface area contributed by atoms with Crippen LogP contribution in [0.2, 0.25) is 0 Å². The number of aliphatic hydroxyl groups is 8. The molecule has 27 atom stereocenters. The third-order valence-corrected chi connectivity index (χ3v) is 18.6.